The van der Waals surface area contributed by atoms with Gasteiger partial charge in [-0.15, -0.1) is 0 Å². The zero-order valence-electron chi connectivity index (χ0n) is 9.24. The zero-order valence-corrected chi connectivity index (χ0v) is 9.24. The van der Waals surface area contributed by atoms with Gasteiger partial charge in [0.05, 0.1) is 6.61 Å². The molecular formula is C9H17N5O. The van der Waals surface area contributed by atoms with Crippen molar-refractivity contribution in [1.82, 2.24) is 9.97 Å². The summed E-state index contributed by atoms with van der Waals surface area (Å²) in [5, 5.41) is 3.19. The minimum absolute atomic E-state index is 0.190. The SMILES string of the molecule is COCC(C)Nc1cc(C)nc(NN)n1. The van der Waals surface area contributed by atoms with E-state index in [9.17, 15) is 0 Å². The highest BCUT2D eigenvalue weighted by atomic mass is 16.5. The monoisotopic (exact) mass is 211 g/mol. The van der Waals surface area contributed by atoms with E-state index in [1.54, 1.807) is 7.11 Å². The molecule has 0 saturated carbocycles. The number of nitrogens with one attached hydrogen (secondary N) is 2. The Morgan fingerprint density at radius 3 is 2.87 bits per heavy atom. The second kappa shape index (κ2) is 5.47. The van der Waals surface area contributed by atoms with E-state index in [4.69, 9.17) is 10.6 Å². The number of nitrogens with zero attached hydrogens (tertiary/aromatic N) is 2. The van der Waals surface area contributed by atoms with E-state index in [-0.39, 0.29) is 6.04 Å². The number of hydrogen-bond donors (Lipinski definition) is 3. The van der Waals surface area contributed by atoms with E-state index >= 15 is 0 Å². The van der Waals surface area contributed by atoms with Crippen LogP contribution in [-0.4, -0.2) is 29.7 Å². The molecule has 0 bridgehead atoms. The van der Waals surface area contributed by atoms with Gasteiger partial charge in [0.25, 0.3) is 0 Å². The third-order valence-corrected chi connectivity index (χ3v) is 1.79. The van der Waals surface area contributed by atoms with Gasteiger partial charge >= 0.3 is 0 Å². The standard InChI is InChI=1S/C9H17N5O/c1-6-4-8(11-7(2)5-15-3)13-9(12-6)14-10/h4,7H,5,10H2,1-3H3,(H2,11,12,13,14). The van der Waals surface area contributed by atoms with E-state index in [1.165, 1.54) is 0 Å². The van der Waals surface area contributed by atoms with Crippen LogP contribution in [0.25, 0.3) is 0 Å². The first-order valence-electron chi connectivity index (χ1n) is 4.73. The van der Waals surface area contributed by atoms with E-state index in [0.29, 0.717) is 12.6 Å². The maximum absolute atomic E-state index is 5.25. The smallest absolute Gasteiger partial charge is 0.239 e. The van der Waals surface area contributed by atoms with Gasteiger partial charge in [-0.2, -0.15) is 4.98 Å². The van der Waals surface area contributed by atoms with Crippen molar-refractivity contribution in [3.05, 3.63) is 11.8 Å². The largest absolute Gasteiger partial charge is 0.383 e. The first-order valence-corrected chi connectivity index (χ1v) is 4.73. The van der Waals surface area contributed by atoms with Crippen LogP contribution in [0.4, 0.5) is 11.8 Å². The van der Waals surface area contributed by atoms with Crippen LogP contribution in [0, 0.1) is 6.92 Å². The Balaban J connectivity index is 2.71. The second-order valence-corrected chi connectivity index (χ2v) is 3.36. The summed E-state index contributed by atoms with van der Waals surface area (Å²) in [5.41, 5.74) is 3.27. The van der Waals surface area contributed by atoms with Gasteiger partial charge in [0.15, 0.2) is 0 Å². The fourth-order valence-electron chi connectivity index (χ4n) is 1.25. The van der Waals surface area contributed by atoms with Gasteiger partial charge in [-0.05, 0) is 13.8 Å². The molecule has 0 aliphatic heterocycles. The molecule has 1 aromatic rings. The molecule has 1 atom stereocenters. The van der Waals surface area contributed by atoms with Crippen molar-refractivity contribution in [2.45, 2.75) is 19.9 Å². The zero-order chi connectivity index (χ0) is 11.3. The van der Waals surface area contributed by atoms with Crippen molar-refractivity contribution in [1.29, 1.82) is 0 Å². The van der Waals surface area contributed by atoms with Crippen molar-refractivity contribution in [2.24, 2.45) is 5.84 Å². The van der Waals surface area contributed by atoms with Crippen LogP contribution >= 0.6 is 0 Å². The van der Waals surface area contributed by atoms with Gasteiger partial charge in [0.1, 0.15) is 5.82 Å². The summed E-state index contributed by atoms with van der Waals surface area (Å²) in [7, 11) is 1.66. The number of nitrogens with two attached hydrogens (primary N) is 1. The molecular weight excluding hydrogens is 194 g/mol. The summed E-state index contributed by atoms with van der Waals surface area (Å²) in [5.74, 6) is 6.39. The number of aryl methyl sites for hydroxylation is 1. The molecule has 15 heavy (non-hydrogen) atoms. The molecule has 0 amide bonds. The molecule has 0 fully saturated rings. The number of methoxy groups -OCH3 is 1. The Morgan fingerprint density at radius 2 is 2.27 bits per heavy atom. The summed E-state index contributed by atoms with van der Waals surface area (Å²) in [6.45, 7) is 4.51. The Morgan fingerprint density at radius 1 is 1.53 bits per heavy atom. The molecule has 6 nitrogen and oxygen atoms in total. The first-order chi connectivity index (χ1) is 7.15. The lowest BCUT2D eigenvalue weighted by molar-refractivity contribution is 0.190. The molecule has 1 heterocycles. The Bertz CT molecular complexity index is 317. The van der Waals surface area contributed by atoms with Crippen LogP contribution in [0.15, 0.2) is 6.07 Å². The number of hydrogen-bond acceptors (Lipinski definition) is 6. The summed E-state index contributed by atoms with van der Waals surface area (Å²) < 4.78 is 5.02. The van der Waals surface area contributed by atoms with E-state index in [1.807, 2.05) is 19.9 Å². The molecule has 4 N–H and O–H groups in total. The minimum atomic E-state index is 0.190. The van der Waals surface area contributed by atoms with Crippen molar-refractivity contribution < 1.29 is 4.74 Å². The van der Waals surface area contributed by atoms with Crippen LogP contribution in [0.5, 0.6) is 0 Å². The molecule has 1 unspecified atom stereocenters. The molecule has 0 aromatic carbocycles. The molecule has 0 saturated heterocycles. The molecule has 0 aliphatic carbocycles. The Kier molecular flexibility index (Phi) is 4.26. The molecule has 0 radical (unpaired) electrons. The van der Waals surface area contributed by atoms with Gasteiger partial charge in [-0.3, -0.25) is 5.43 Å². The maximum atomic E-state index is 5.25. The quantitative estimate of drug-likeness (QED) is 0.486. The number of aromatic nitrogens is 2. The van der Waals surface area contributed by atoms with Crippen LogP contribution in [0.2, 0.25) is 0 Å². The third kappa shape index (κ3) is 3.69. The topological polar surface area (TPSA) is 85.1 Å². The summed E-state index contributed by atoms with van der Waals surface area (Å²) in [4.78, 5) is 8.25. The third-order valence-electron chi connectivity index (χ3n) is 1.79. The minimum Gasteiger partial charge on any atom is -0.383 e. The van der Waals surface area contributed by atoms with Crippen molar-refractivity contribution in [3.8, 4) is 0 Å². The van der Waals surface area contributed by atoms with E-state index in [2.05, 4.69) is 20.7 Å². The van der Waals surface area contributed by atoms with Crippen LogP contribution < -0.4 is 16.6 Å². The van der Waals surface area contributed by atoms with Gasteiger partial charge in [-0.25, -0.2) is 10.8 Å². The normalized spacial score (nSPS) is 12.3. The number of hydrazine groups is 1. The summed E-state index contributed by atoms with van der Waals surface area (Å²) in [6, 6.07) is 2.04. The lowest BCUT2D eigenvalue weighted by atomic mass is 10.3. The fourth-order valence-corrected chi connectivity index (χ4v) is 1.25. The molecule has 0 spiro atoms. The molecule has 1 rings (SSSR count). The highest BCUT2D eigenvalue weighted by Gasteiger charge is 2.04. The van der Waals surface area contributed by atoms with Crippen LogP contribution in [0.1, 0.15) is 12.6 Å². The maximum Gasteiger partial charge on any atom is 0.239 e. The fraction of sp³-hybridized carbons (Fsp3) is 0.556. The van der Waals surface area contributed by atoms with E-state index < -0.39 is 0 Å². The van der Waals surface area contributed by atoms with Crippen molar-refractivity contribution in [2.75, 3.05) is 24.5 Å². The Hall–Kier alpha value is -1.40. The average Bonchev–Trinajstić information content (AvgIpc) is 2.17. The lowest BCUT2D eigenvalue weighted by Gasteiger charge is -2.14. The summed E-state index contributed by atoms with van der Waals surface area (Å²) in [6.07, 6.45) is 0. The van der Waals surface area contributed by atoms with Crippen LogP contribution in [-0.2, 0) is 4.74 Å². The molecule has 84 valence electrons. The molecule has 6 heteroatoms. The van der Waals surface area contributed by atoms with Crippen molar-refractivity contribution >= 4 is 11.8 Å². The summed E-state index contributed by atoms with van der Waals surface area (Å²) >= 11 is 0. The average molecular weight is 211 g/mol. The highest BCUT2D eigenvalue weighted by Crippen LogP contribution is 2.09. The number of ether oxygens (including phenoxy) is 1. The van der Waals surface area contributed by atoms with Crippen molar-refractivity contribution in [3.63, 3.8) is 0 Å². The van der Waals surface area contributed by atoms with Gasteiger partial charge in [0, 0.05) is 24.9 Å². The molecule has 0 aliphatic rings. The number of anilines is 2. The predicted octanol–water partition coefficient (Wildman–Crippen LogP) is 0.517. The predicted molar refractivity (Wildman–Crippen MR) is 59.5 cm³/mol. The van der Waals surface area contributed by atoms with Gasteiger partial charge < -0.3 is 10.1 Å². The van der Waals surface area contributed by atoms with E-state index in [0.717, 1.165) is 11.5 Å². The van der Waals surface area contributed by atoms with Gasteiger partial charge in [0.2, 0.25) is 5.95 Å². The number of rotatable bonds is 5. The first kappa shape index (κ1) is 11.7. The highest BCUT2D eigenvalue weighted by molar-refractivity contribution is 5.42. The van der Waals surface area contributed by atoms with Gasteiger partial charge in [-0.1, -0.05) is 0 Å². The second-order valence-electron chi connectivity index (χ2n) is 3.36. The van der Waals surface area contributed by atoms with Crippen LogP contribution in [0.3, 0.4) is 0 Å². The number of nitrogen functional groups attached to an aromatic ring is 1. The lowest BCUT2D eigenvalue weighted by Crippen LogP contribution is -2.22. The molecule has 1 aromatic heterocycles. The Labute approximate surface area is 89.2 Å².